The second kappa shape index (κ2) is 7.65. The molecule has 0 saturated carbocycles. The van der Waals surface area contributed by atoms with E-state index in [1.165, 1.54) is 23.9 Å². The van der Waals surface area contributed by atoms with Gasteiger partial charge in [0.05, 0.1) is 15.9 Å². The summed E-state index contributed by atoms with van der Waals surface area (Å²) in [7, 11) is 0. The number of carbonyl (C=O) groups is 1. The number of benzene rings is 2. The lowest BCUT2D eigenvalue weighted by Gasteiger charge is -2.21. The average molecular weight is 410 g/mol. The molecule has 2 aromatic rings. The van der Waals surface area contributed by atoms with E-state index in [0.29, 0.717) is 22.2 Å². The molecular weight excluding hydrogens is 397 g/mol. The minimum absolute atomic E-state index is 0.00800. The quantitative estimate of drug-likeness (QED) is 0.590. The SMILES string of the molecule is Cc1c(Cl)cc(C2=NNC(=O)C(Sc3ccc([N+](=O)[O-])cc3)C2)cc1Cl. The molecular formula is C17H13Cl2N3O3S. The van der Waals surface area contributed by atoms with E-state index in [4.69, 9.17) is 23.2 Å². The molecule has 1 unspecified atom stereocenters. The molecule has 0 aromatic heterocycles. The third-order valence-electron chi connectivity index (χ3n) is 3.91. The molecule has 1 amide bonds. The molecule has 0 aliphatic carbocycles. The number of halogens is 2. The van der Waals surface area contributed by atoms with Crippen molar-refractivity contribution < 1.29 is 9.72 Å². The van der Waals surface area contributed by atoms with Gasteiger partial charge in [0.25, 0.3) is 11.6 Å². The van der Waals surface area contributed by atoms with Crippen LogP contribution in [0.2, 0.25) is 10.0 Å². The standard InChI is InChI=1S/C17H13Cl2N3O3S/c1-9-13(18)6-10(7-14(9)19)15-8-16(17(23)21-20-15)26-12-4-2-11(3-5-12)22(24)25/h2-7,16H,8H2,1H3,(H,21,23). The molecule has 1 atom stereocenters. The van der Waals surface area contributed by atoms with E-state index in [9.17, 15) is 14.9 Å². The van der Waals surface area contributed by atoms with Crippen LogP contribution in [-0.2, 0) is 4.79 Å². The lowest BCUT2D eigenvalue weighted by atomic mass is 10.0. The van der Waals surface area contributed by atoms with E-state index in [2.05, 4.69) is 10.5 Å². The molecule has 0 bridgehead atoms. The van der Waals surface area contributed by atoms with Crippen molar-refractivity contribution in [1.29, 1.82) is 0 Å². The van der Waals surface area contributed by atoms with Gasteiger partial charge in [0.15, 0.2) is 0 Å². The van der Waals surface area contributed by atoms with Crippen LogP contribution in [0.4, 0.5) is 5.69 Å². The van der Waals surface area contributed by atoms with Gasteiger partial charge in [0.2, 0.25) is 0 Å². The zero-order chi connectivity index (χ0) is 18.8. The molecule has 0 saturated heterocycles. The number of rotatable bonds is 4. The highest BCUT2D eigenvalue weighted by atomic mass is 35.5. The molecule has 1 N–H and O–H groups in total. The highest BCUT2D eigenvalue weighted by molar-refractivity contribution is 8.00. The van der Waals surface area contributed by atoms with E-state index >= 15 is 0 Å². The number of nitrogens with zero attached hydrogens (tertiary/aromatic N) is 2. The van der Waals surface area contributed by atoms with Crippen molar-refractivity contribution in [3.05, 3.63) is 67.7 Å². The Bertz CT molecular complexity index is 893. The van der Waals surface area contributed by atoms with E-state index in [0.717, 1.165) is 16.0 Å². The van der Waals surface area contributed by atoms with Gasteiger partial charge >= 0.3 is 0 Å². The van der Waals surface area contributed by atoms with Gasteiger partial charge in [-0.15, -0.1) is 11.8 Å². The first-order valence-corrected chi connectivity index (χ1v) is 9.22. The highest BCUT2D eigenvalue weighted by Gasteiger charge is 2.27. The molecule has 26 heavy (non-hydrogen) atoms. The van der Waals surface area contributed by atoms with Gasteiger partial charge in [-0.05, 0) is 36.8 Å². The first-order valence-electron chi connectivity index (χ1n) is 7.58. The van der Waals surface area contributed by atoms with Gasteiger partial charge in [0, 0.05) is 39.1 Å². The Kier molecular flexibility index (Phi) is 5.50. The topological polar surface area (TPSA) is 84.6 Å². The van der Waals surface area contributed by atoms with Crippen LogP contribution < -0.4 is 5.43 Å². The fourth-order valence-electron chi connectivity index (χ4n) is 2.41. The Morgan fingerprint density at radius 2 is 1.85 bits per heavy atom. The predicted octanol–water partition coefficient (Wildman–Crippen LogP) is 4.59. The first kappa shape index (κ1) is 18.7. The van der Waals surface area contributed by atoms with Crippen LogP contribution >= 0.6 is 35.0 Å². The smallest absolute Gasteiger partial charge is 0.269 e. The van der Waals surface area contributed by atoms with Gasteiger partial charge in [-0.3, -0.25) is 14.9 Å². The van der Waals surface area contributed by atoms with Gasteiger partial charge in [-0.25, -0.2) is 5.43 Å². The van der Waals surface area contributed by atoms with Crippen LogP contribution in [0.25, 0.3) is 0 Å². The van der Waals surface area contributed by atoms with Crippen molar-refractivity contribution in [3.8, 4) is 0 Å². The maximum Gasteiger partial charge on any atom is 0.269 e. The minimum Gasteiger partial charge on any atom is -0.272 e. The van der Waals surface area contributed by atoms with Crippen molar-refractivity contribution in [1.82, 2.24) is 5.43 Å². The second-order valence-corrected chi connectivity index (χ2v) is 7.75. The summed E-state index contributed by atoms with van der Waals surface area (Å²) < 4.78 is 0. The number of nitro benzene ring substituents is 1. The summed E-state index contributed by atoms with van der Waals surface area (Å²) in [4.78, 5) is 23.2. The largest absolute Gasteiger partial charge is 0.272 e. The average Bonchev–Trinajstić information content (AvgIpc) is 2.61. The van der Waals surface area contributed by atoms with Crippen molar-refractivity contribution >= 4 is 52.3 Å². The van der Waals surface area contributed by atoms with Crippen molar-refractivity contribution in [2.45, 2.75) is 23.5 Å². The predicted molar refractivity (Wildman–Crippen MR) is 103 cm³/mol. The van der Waals surface area contributed by atoms with E-state index in [1.54, 1.807) is 24.3 Å². The number of hydrogen-bond donors (Lipinski definition) is 1. The van der Waals surface area contributed by atoms with Crippen molar-refractivity contribution in [2.24, 2.45) is 5.10 Å². The lowest BCUT2D eigenvalue weighted by Crippen LogP contribution is -2.36. The number of non-ortho nitro benzene ring substituents is 1. The van der Waals surface area contributed by atoms with Crippen LogP contribution in [-0.4, -0.2) is 21.8 Å². The summed E-state index contributed by atoms with van der Waals surface area (Å²) in [6, 6.07) is 9.62. The first-order chi connectivity index (χ1) is 12.3. The molecule has 6 nitrogen and oxygen atoms in total. The van der Waals surface area contributed by atoms with E-state index < -0.39 is 10.2 Å². The van der Waals surface area contributed by atoms with Crippen molar-refractivity contribution in [3.63, 3.8) is 0 Å². The summed E-state index contributed by atoms with van der Waals surface area (Å²) in [6.07, 6.45) is 0.392. The number of hydrazone groups is 1. The van der Waals surface area contributed by atoms with Gasteiger partial charge in [-0.1, -0.05) is 23.2 Å². The zero-order valence-electron chi connectivity index (χ0n) is 13.5. The van der Waals surface area contributed by atoms with Crippen LogP contribution in [0.1, 0.15) is 17.5 Å². The van der Waals surface area contributed by atoms with Gasteiger partial charge in [-0.2, -0.15) is 5.10 Å². The third kappa shape index (κ3) is 4.00. The molecule has 0 radical (unpaired) electrons. The van der Waals surface area contributed by atoms with Gasteiger partial charge in [0.1, 0.15) is 0 Å². The molecule has 1 heterocycles. The Labute approximate surface area is 163 Å². The Balaban J connectivity index is 1.79. The second-order valence-electron chi connectivity index (χ2n) is 5.66. The third-order valence-corrected chi connectivity index (χ3v) is 5.91. The maximum atomic E-state index is 12.1. The number of thioether (sulfide) groups is 1. The zero-order valence-corrected chi connectivity index (χ0v) is 15.9. The number of nitrogens with one attached hydrogen (secondary N) is 1. The normalized spacial score (nSPS) is 16.8. The Morgan fingerprint density at radius 1 is 1.23 bits per heavy atom. The number of hydrogen-bond acceptors (Lipinski definition) is 5. The van der Waals surface area contributed by atoms with Crippen LogP contribution in [0, 0.1) is 17.0 Å². The molecule has 0 fully saturated rings. The highest BCUT2D eigenvalue weighted by Crippen LogP contribution is 2.32. The summed E-state index contributed by atoms with van der Waals surface area (Å²) in [6.45, 7) is 1.83. The van der Waals surface area contributed by atoms with E-state index in [-0.39, 0.29) is 11.6 Å². The molecule has 1 aliphatic rings. The van der Waals surface area contributed by atoms with Gasteiger partial charge < -0.3 is 0 Å². The summed E-state index contributed by atoms with van der Waals surface area (Å²) in [5.41, 5.74) is 4.74. The molecule has 0 spiro atoms. The summed E-state index contributed by atoms with van der Waals surface area (Å²) in [5, 5.41) is 15.5. The Hall–Kier alpha value is -2.09. The molecule has 2 aromatic carbocycles. The molecule has 9 heteroatoms. The molecule has 3 rings (SSSR count). The monoisotopic (exact) mass is 409 g/mol. The van der Waals surface area contributed by atoms with Crippen LogP contribution in [0.15, 0.2) is 46.4 Å². The van der Waals surface area contributed by atoms with Crippen molar-refractivity contribution in [2.75, 3.05) is 0 Å². The molecule has 134 valence electrons. The number of amides is 1. The van der Waals surface area contributed by atoms with E-state index in [1.807, 2.05) is 6.92 Å². The fraction of sp³-hybridized carbons (Fsp3) is 0.176. The lowest BCUT2D eigenvalue weighted by molar-refractivity contribution is -0.384. The van der Waals surface area contributed by atoms with Crippen LogP contribution in [0.3, 0.4) is 0 Å². The Morgan fingerprint density at radius 3 is 2.42 bits per heavy atom. The van der Waals surface area contributed by atoms with Crippen LogP contribution in [0.5, 0.6) is 0 Å². The number of nitro groups is 1. The number of carbonyl (C=O) groups excluding carboxylic acids is 1. The summed E-state index contributed by atoms with van der Waals surface area (Å²) >= 11 is 13.7. The molecule has 1 aliphatic heterocycles. The minimum atomic E-state index is -0.461. The fourth-order valence-corrected chi connectivity index (χ4v) is 3.92. The summed E-state index contributed by atoms with van der Waals surface area (Å²) in [5.74, 6) is -0.221. The maximum absolute atomic E-state index is 12.1.